The van der Waals surface area contributed by atoms with Crippen LogP contribution in [-0.2, 0) is 10.8 Å². The average Bonchev–Trinajstić information content (AvgIpc) is 3.86. The van der Waals surface area contributed by atoms with E-state index in [4.69, 9.17) is 9.72 Å². The molecule has 0 bridgehead atoms. The van der Waals surface area contributed by atoms with E-state index in [1.54, 1.807) is 0 Å². The first-order valence-electron chi connectivity index (χ1n) is 24.1. The van der Waals surface area contributed by atoms with Crippen LogP contribution in [0.4, 0.5) is 31.5 Å². The molecule has 0 unspecified atom stereocenters. The van der Waals surface area contributed by atoms with Gasteiger partial charge in [-0.05, 0) is 146 Å². The fourth-order valence-corrected chi connectivity index (χ4v) is 10.3. The Kier molecular flexibility index (Phi) is 11.5. The van der Waals surface area contributed by atoms with E-state index < -0.39 is 11.6 Å². The number of para-hydroxylation sites is 3. The molecule has 5 nitrogen and oxygen atoms in total. The number of hydrogen-bond acceptors (Lipinski definition) is 4. The molecular formula is C62H60F2N4O. The highest BCUT2D eigenvalue weighted by molar-refractivity contribution is 6.09. The van der Waals surface area contributed by atoms with Crippen LogP contribution < -0.4 is 14.5 Å². The summed E-state index contributed by atoms with van der Waals surface area (Å²) in [6, 6.07) is 50.9. The van der Waals surface area contributed by atoms with E-state index in [1.165, 1.54) is 28.8 Å². The van der Waals surface area contributed by atoms with Gasteiger partial charge in [0.05, 0.1) is 22.4 Å². The molecule has 2 aromatic heterocycles. The lowest BCUT2D eigenvalue weighted by atomic mass is 9.74. The van der Waals surface area contributed by atoms with Crippen molar-refractivity contribution in [2.45, 2.75) is 91.9 Å². The fraction of sp³-hybridized carbons (Fsp3) is 0.242. The molecular weight excluding hydrogens is 855 g/mol. The van der Waals surface area contributed by atoms with Gasteiger partial charge in [0, 0.05) is 46.5 Å². The first-order chi connectivity index (χ1) is 32.9. The summed E-state index contributed by atoms with van der Waals surface area (Å²) < 4.78 is 38.7. The van der Waals surface area contributed by atoms with Crippen molar-refractivity contribution >= 4 is 44.6 Å². The van der Waals surface area contributed by atoms with Crippen molar-refractivity contribution in [3.8, 4) is 39.6 Å². The number of hydrogen-bond donors (Lipinski definition) is 0. The highest BCUT2D eigenvalue weighted by atomic mass is 19.1. The van der Waals surface area contributed by atoms with E-state index in [1.807, 2.05) is 24.4 Å². The molecule has 0 radical (unpaired) electrons. The second-order valence-corrected chi connectivity index (χ2v) is 21.2. The molecule has 0 spiro atoms. The van der Waals surface area contributed by atoms with Crippen LogP contribution in [0.1, 0.15) is 103 Å². The lowest BCUT2D eigenvalue weighted by Gasteiger charge is -2.31. The quantitative estimate of drug-likeness (QED) is 0.144. The normalized spacial score (nSPS) is 13.1. The molecule has 0 N–H and O–H groups in total. The van der Waals surface area contributed by atoms with Gasteiger partial charge in [0.15, 0.2) is 0 Å². The SMILES string of the molecule is CC(C)c1cc(-c2cc(F)cc(F)c2)cc(C(C)C)c1N1CN(c2cc(Oc3ccc4c5ccccc5n(-c5ccccn5)c4c3)cc(-c3c(C(C)(C)C)cccc3C(C)(C)C)c2)c2ccccc21. The Morgan fingerprint density at radius 3 is 1.74 bits per heavy atom. The van der Waals surface area contributed by atoms with Crippen molar-refractivity contribution in [2.75, 3.05) is 16.5 Å². The zero-order valence-electron chi connectivity index (χ0n) is 41.3. The van der Waals surface area contributed by atoms with Crippen molar-refractivity contribution in [3.05, 3.63) is 192 Å². The smallest absolute Gasteiger partial charge is 0.137 e. The molecule has 0 amide bonds. The summed E-state index contributed by atoms with van der Waals surface area (Å²) >= 11 is 0. The van der Waals surface area contributed by atoms with E-state index in [-0.39, 0.29) is 22.7 Å². The number of aromatic nitrogens is 2. The number of pyridine rings is 1. The molecule has 0 fully saturated rings. The minimum Gasteiger partial charge on any atom is -0.457 e. The molecule has 7 heteroatoms. The molecule has 10 rings (SSSR count). The Balaban J connectivity index is 1.16. The zero-order chi connectivity index (χ0) is 48.5. The van der Waals surface area contributed by atoms with Crippen LogP contribution in [0.15, 0.2) is 158 Å². The van der Waals surface area contributed by atoms with Crippen LogP contribution in [0, 0.1) is 11.6 Å². The minimum atomic E-state index is -0.589. The van der Waals surface area contributed by atoms with E-state index in [9.17, 15) is 8.78 Å². The third kappa shape index (κ3) is 8.43. The summed E-state index contributed by atoms with van der Waals surface area (Å²) in [7, 11) is 0. The standard InChI is InChI=1S/C62H60F2N4O/c1-38(2)50-32-41(40-28-43(63)34-44(64)29-40)33-51(39(3)4)60(50)67-37-66(55-22-13-14-23-56(55)67)45-30-42(59-52(61(5,6)7)19-17-20-53(59)62(8,9)10)31-47(35-45)69-46-25-26-49-48-18-11-12-21-54(48)68(57(49)36-46)58-24-15-16-27-65-58/h11-36,38-39H,37H2,1-10H3. The van der Waals surface area contributed by atoms with E-state index in [0.717, 1.165) is 90.2 Å². The summed E-state index contributed by atoms with van der Waals surface area (Å²) in [6.45, 7) is 23.0. The monoisotopic (exact) mass is 914 g/mol. The summed E-state index contributed by atoms with van der Waals surface area (Å²) in [5.74, 6) is 1.32. The van der Waals surface area contributed by atoms with Gasteiger partial charge >= 0.3 is 0 Å². The van der Waals surface area contributed by atoms with Gasteiger partial charge in [0.25, 0.3) is 0 Å². The number of benzene rings is 7. The van der Waals surface area contributed by atoms with Crippen LogP contribution >= 0.6 is 0 Å². The average molecular weight is 915 g/mol. The Morgan fingerprint density at radius 2 is 1.12 bits per heavy atom. The summed E-state index contributed by atoms with van der Waals surface area (Å²) in [5, 5.41) is 2.27. The summed E-state index contributed by atoms with van der Waals surface area (Å²) in [5.41, 5.74) is 14.4. The van der Waals surface area contributed by atoms with Crippen molar-refractivity contribution in [2.24, 2.45) is 0 Å². The van der Waals surface area contributed by atoms with Gasteiger partial charge in [-0.3, -0.25) is 4.57 Å². The summed E-state index contributed by atoms with van der Waals surface area (Å²) in [6.07, 6.45) is 1.83. The maximum atomic E-state index is 14.7. The van der Waals surface area contributed by atoms with Crippen LogP contribution in [-0.4, -0.2) is 16.2 Å². The van der Waals surface area contributed by atoms with E-state index in [0.29, 0.717) is 12.2 Å². The highest BCUT2D eigenvalue weighted by Gasteiger charge is 2.34. The lowest BCUT2D eigenvalue weighted by molar-refractivity contribution is 0.483. The predicted octanol–water partition coefficient (Wildman–Crippen LogP) is 17.7. The predicted molar refractivity (Wildman–Crippen MR) is 283 cm³/mol. The third-order valence-electron chi connectivity index (χ3n) is 13.6. The molecule has 0 saturated carbocycles. The maximum absolute atomic E-state index is 14.7. The molecule has 0 saturated heterocycles. The van der Waals surface area contributed by atoms with Crippen LogP contribution in [0.2, 0.25) is 0 Å². The highest BCUT2D eigenvalue weighted by Crippen LogP contribution is 2.51. The number of ether oxygens (including phenoxy) is 1. The number of fused-ring (bicyclic) bond motifs is 4. The van der Waals surface area contributed by atoms with Crippen LogP contribution in [0.3, 0.4) is 0 Å². The second kappa shape index (κ2) is 17.4. The Hall–Kier alpha value is -7.25. The van der Waals surface area contributed by atoms with Gasteiger partial charge < -0.3 is 14.5 Å². The molecule has 0 aliphatic carbocycles. The Morgan fingerprint density at radius 1 is 0.522 bits per heavy atom. The topological polar surface area (TPSA) is 33.5 Å². The van der Waals surface area contributed by atoms with Gasteiger partial charge in [-0.25, -0.2) is 13.8 Å². The zero-order valence-corrected chi connectivity index (χ0v) is 41.3. The molecule has 69 heavy (non-hydrogen) atoms. The van der Waals surface area contributed by atoms with Crippen molar-refractivity contribution in [1.82, 2.24) is 9.55 Å². The molecule has 0 atom stereocenters. The Bertz CT molecular complexity index is 3330. The fourth-order valence-electron chi connectivity index (χ4n) is 10.3. The third-order valence-corrected chi connectivity index (χ3v) is 13.6. The number of rotatable bonds is 9. The summed E-state index contributed by atoms with van der Waals surface area (Å²) in [4.78, 5) is 9.60. The minimum absolute atomic E-state index is 0.110. The number of halogens is 2. The molecule has 3 heterocycles. The van der Waals surface area contributed by atoms with E-state index >= 15 is 0 Å². The molecule has 1 aliphatic heterocycles. The molecule has 9 aromatic rings. The van der Waals surface area contributed by atoms with Crippen LogP contribution in [0.25, 0.3) is 49.9 Å². The van der Waals surface area contributed by atoms with Gasteiger partial charge in [-0.1, -0.05) is 124 Å². The Labute approximate surface area is 405 Å². The van der Waals surface area contributed by atoms with Crippen LogP contribution in [0.5, 0.6) is 11.5 Å². The molecule has 7 aromatic carbocycles. The number of anilines is 4. The van der Waals surface area contributed by atoms with E-state index in [2.05, 4.69) is 199 Å². The lowest BCUT2D eigenvalue weighted by Crippen LogP contribution is -2.26. The molecule has 1 aliphatic rings. The van der Waals surface area contributed by atoms with Gasteiger partial charge in [0.1, 0.15) is 35.6 Å². The number of nitrogens with zero attached hydrogens (tertiary/aromatic N) is 4. The second-order valence-electron chi connectivity index (χ2n) is 21.2. The van der Waals surface area contributed by atoms with Crippen molar-refractivity contribution < 1.29 is 13.5 Å². The van der Waals surface area contributed by atoms with Crippen molar-refractivity contribution in [3.63, 3.8) is 0 Å². The largest absolute Gasteiger partial charge is 0.457 e. The van der Waals surface area contributed by atoms with Gasteiger partial charge in [0.2, 0.25) is 0 Å². The van der Waals surface area contributed by atoms with Gasteiger partial charge in [-0.2, -0.15) is 0 Å². The first-order valence-corrected chi connectivity index (χ1v) is 24.1. The maximum Gasteiger partial charge on any atom is 0.137 e. The van der Waals surface area contributed by atoms with Crippen molar-refractivity contribution in [1.29, 1.82) is 0 Å². The first kappa shape index (κ1) is 45.5. The molecule has 348 valence electrons. The van der Waals surface area contributed by atoms with Gasteiger partial charge in [-0.15, -0.1) is 0 Å².